The van der Waals surface area contributed by atoms with Crippen LogP contribution < -0.4 is 0 Å². The van der Waals surface area contributed by atoms with Crippen LogP contribution in [0.3, 0.4) is 0 Å². The number of amides is 1. The molecule has 2 atom stereocenters. The van der Waals surface area contributed by atoms with Crippen molar-refractivity contribution in [1.82, 2.24) is 4.90 Å². The van der Waals surface area contributed by atoms with Gasteiger partial charge in [-0.2, -0.15) is 0 Å². The first-order valence-corrected chi connectivity index (χ1v) is 9.47. The lowest BCUT2D eigenvalue weighted by molar-refractivity contribution is -0.148. The Bertz CT molecular complexity index is 479. The molecule has 4 saturated carbocycles. The molecule has 0 N–H and O–H groups in total. The van der Waals surface area contributed by atoms with Gasteiger partial charge in [0.15, 0.2) is 0 Å². The lowest BCUT2D eigenvalue weighted by atomic mass is 9.47. The highest BCUT2D eigenvalue weighted by molar-refractivity contribution is 5.87. The highest BCUT2D eigenvalue weighted by Gasteiger charge is 2.55. The van der Waals surface area contributed by atoms with Crippen LogP contribution in [0.1, 0.15) is 58.8 Å². The summed E-state index contributed by atoms with van der Waals surface area (Å²) in [4.78, 5) is 26.6. The second-order valence-corrected chi connectivity index (χ2v) is 8.66. The second-order valence-electron chi connectivity index (χ2n) is 8.66. The van der Waals surface area contributed by atoms with E-state index in [1.165, 1.54) is 38.5 Å². The molecule has 23 heavy (non-hydrogen) atoms. The Morgan fingerprint density at radius 3 is 2.30 bits per heavy atom. The minimum atomic E-state index is -0.251. The Morgan fingerprint density at radius 2 is 1.78 bits per heavy atom. The number of esters is 1. The molecule has 0 aromatic carbocycles. The van der Waals surface area contributed by atoms with Gasteiger partial charge in [-0.05, 0) is 75.5 Å². The molecule has 0 spiro atoms. The molecule has 1 aliphatic heterocycles. The molecule has 5 fully saturated rings. The van der Waals surface area contributed by atoms with Gasteiger partial charge in [0.05, 0.1) is 12.5 Å². The van der Waals surface area contributed by atoms with E-state index in [-0.39, 0.29) is 23.8 Å². The van der Waals surface area contributed by atoms with Crippen molar-refractivity contribution in [3.05, 3.63) is 0 Å². The van der Waals surface area contributed by atoms with Gasteiger partial charge in [0, 0.05) is 19.0 Å². The molecule has 128 valence electrons. The second kappa shape index (κ2) is 5.49. The predicted molar refractivity (Wildman–Crippen MR) is 86.5 cm³/mol. The number of likely N-dealkylation sites (tertiary alicyclic amines) is 1. The van der Waals surface area contributed by atoms with E-state index in [2.05, 4.69) is 6.92 Å². The summed E-state index contributed by atoms with van der Waals surface area (Å²) in [6.07, 6.45) is 8.51. The minimum Gasteiger partial charge on any atom is -0.466 e. The van der Waals surface area contributed by atoms with E-state index >= 15 is 0 Å². The van der Waals surface area contributed by atoms with Crippen LogP contribution >= 0.6 is 0 Å². The zero-order valence-electron chi connectivity index (χ0n) is 14.4. The smallest absolute Gasteiger partial charge is 0.311 e. The van der Waals surface area contributed by atoms with E-state index < -0.39 is 0 Å². The van der Waals surface area contributed by atoms with Gasteiger partial charge < -0.3 is 9.64 Å². The number of carbonyl (C=O) groups is 2. The molecular formula is C19H29NO3. The molecule has 1 amide bonds. The average Bonchev–Trinajstić information content (AvgIpc) is 2.87. The highest BCUT2D eigenvalue weighted by Crippen LogP contribution is 2.62. The Balaban J connectivity index is 1.50. The molecule has 4 aliphatic carbocycles. The SMILES string of the molecule is CCOC(=O)[C@H]1CC(=O)N([C@@H](C)C23CC4CC(CC(C4)C2)C3)C1. The molecule has 0 unspecified atom stereocenters. The van der Waals surface area contributed by atoms with Gasteiger partial charge in [-0.3, -0.25) is 9.59 Å². The lowest BCUT2D eigenvalue weighted by Crippen LogP contribution is -2.56. The van der Waals surface area contributed by atoms with Crippen LogP contribution in [0.4, 0.5) is 0 Å². The van der Waals surface area contributed by atoms with Gasteiger partial charge in [0.1, 0.15) is 0 Å². The molecule has 5 aliphatic rings. The Hall–Kier alpha value is -1.06. The van der Waals surface area contributed by atoms with Crippen LogP contribution in [0.15, 0.2) is 0 Å². The van der Waals surface area contributed by atoms with Crippen molar-refractivity contribution >= 4 is 11.9 Å². The zero-order chi connectivity index (χ0) is 16.2. The molecule has 5 rings (SSSR count). The number of carbonyl (C=O) groups excluding carboxylic acids is 2. The topological polar surface area (TPSA) is 46.6 Å². The minimum absolute atomic E-state index is 0.159. The fraction of sp³-hybridized carbons (Fsp3) is 0.895. The summed E-state index contributed by atoms with van der Waals surface area (Å²) in [7, 11) is 0. The number of nitrogens with zero attached hydrogens (tertiary/aromatic N) is 1. The Morgan fingerprint density at radius 1 is 1.22 bits per heavy atom. The fourth-order valence-electron chi connectivity index (χ4n) is 6.54. The van der Waals surface area contributed by atoms with Crippen LogP contribution in [0.5, 0.6) is 0 Å². The number of hydrogen-bond acceptors (Lipinski definition) is 3. The predicted octanol–water partition coefficient (Wildman–Crippen LogP) is 3.00. The van der Waals surface area contributed by atoms with E-state index in [0.29, 0.717) is 25.0 Å². The molecule has 0 aromatic heterocycles. The summed E-state index contributed by atoms with van der Waals surface area (Å²) in [5, 5.41) is 0. The third kappa shape index (κ3) is 2.49. The number of hydrogen-bond donors (Lipinski definition) is 0. The molecule has 0 aromatic rings. The van der Waals surface area contributed by atoms with Gasteiger partial charge in [-0.1, -0.05) is 0 Å². The van der Waals surface area contributed by atoms with Crippen LogP contribution in [-0.4, -0.2) is 36.0 Å². The van der Waals surface area contributed by atoms with E-state index in [1.54, 1.807) is 0 Å². The first-order valence-electron chi connectivity index (χ1n) is 9.47. The molecular weight excluding hydrogens is 290 g/mol. The molecule has 0 radical (unpaired) electrons. The third-order valence-electron chi connectivity index (χ3n) is 7.22. The summed E-state index contributed by atoms with van der Waals surface area (Å²) in [5.41, 5.74) is 0.327. The third-order valence-corrected chi connectivity index (χ3v) is 7.22. The van der Waals surface area contributed by atoms with Crippen LogP contribution in [0.2, 0.25) is 0 Å². The maximum absolute atomic E-state index is 12.5. The van der Waals surface area contributed by atoms with Crippen molar-refractivity contribution in [3.8, 4) is 0 Å². The van der Waals surface area contributed by atoms with E-state index in [4.69, 9.17) is 4.74 Å². The summed E-state index contributed by atoms with van der Waals surface area (Å²) in [6, 6.07) is 0.280. The molecule has 4 heteroatoms. The fourth-order valence-corrected chi connectivity index (χ4v) is 6.54. The molecule has 1 saturated heterocycles. The van der Waals surface area contributed by atoms with Crippen molar-refractivity contribution in [2.45, 2.75) is 64.8 Å². The lowest BCUT2D eigenvalue weighted by Gasteiger charge is -2.60. The maximum atomic E-state index is 12.5. The van der Waals surface area contributed by atoms with E-state index in [0.717, 1.165) is 17.8 Å². The van der Waals surface area contributed by atoms with E-state index in [1.807, 2.05) is 11.8 Å². The monoisotopic (exact) mass is 319 g/mol. The van der Waals surface area contributed by atoms with Crippen LogP contribution in [0, 0.1) is 29.1 Å². The van der Waals surface area contributed by atoms with Gasteiger partial charge in [-0.15, -0.1) is 0 Å². The normalized spacial score (nSPS) is 43.0. The van der Waals surface area contributed by atoms with Crippen molar-refractivity contribution in [2.24, 2.45) is 29.1 Å². The molecule has 4 bridgehead atoms. The zero-order valence-corrected chi connectivity index (χ0v) is 14.4. The summed E-state index contributed by atoms with van der Waals surface area (Å²) >= 11 is 0. The molecule has 1 heterocycles. The quantitative estimate of drug-likeness (QED) is 0.748. The van der Waals surface area contributed by atoms with Crippen LogP contribution in [-0.2, 0) is 14.3 Å². The van der Waals surface area contributed by atoms with Gasteiger partial charge in [0.2, 0.25) is 5.91 Å². The largest absolute Gasteiger partial charge is 0.466 e. The van der Waals surface area contributed by atoms with Gasteiger partial charge in [-0.25, -0.2) is 0 Å². The van der Waals surface area contributed by atoms with Gasteiger partial charge in [0.25, 0.3) is 0 Å². The van der Waals surface area contributed by atoms with Crippen molar-refractivity contribution < 1.29 is 14.3 Å². The number of ether oxygens (including phenoxy) is 1. The highest BCUT2D eigenvalue weighted by atomic mass is 16.5. The Kier molecular flexibility index (Phi) is 3.69. The van der Waals surface area contributed by atoms with Crippen LogP contribution in [0.25, 0.3) is 0 Å². The van der Waals surface area contributed by atoms with E-state index in [9.17, 15) is 9.59 Å². The van der Waals surface area contributed by atoms with Crippen molar-refractivity contribution in [1.29, 1.82) is 0 Å². The summed E-state index contributed by atoms with van der Waals surface area (Å²) < 4.78 is 5.13. The average molecular weight is 319 g/mol. The molecule has 4 nitrogen and oxygen atoms in total. The van der Waals surface area contributed by atoms with Crippen molar-refractivity contribution in [3.63, 3.8) is 0 Å². The first-order chi connectivity index (χ1) is 11.0. The van der Waals surface area contributed by atoms with Gasteiger partial charge >= 0.3 is 5.97 Å². The standard InChI is InChI=1S/C19H29NO3/c1-3-23-18(22)16-7-17(21)20(11-16)12(2)19-8-13-4-14(9-19)6-15(5-13)10-19/h12-16H,3-11H2,1-2H3/t12-,13?,14?,15?,16-,19?/m0/s1. The Labute approximate surface area is 138 Å². The maximum Gasteiger partial charge on any atom is 0.311 e. The number of rotatable bonds is 4. The summed E-state index contributed by atoms with van der Waals surface area (Å²) in [6.45, 7) is 5.04. The first kappa shape index (κ1) is 15.5. The summed E-state index contributed by atoms with van der Waals surface area (Å²) in [5.74, 6) is 2.39. The van der Waals surface area contributed by atoms with Crippen molar-refractivity contribution in [2.75, 3.05) is 13.2 Å².